The maximum absolute atomic E-state index is 12.5. The van der Waals surface area contributed by atoms with E-state index in [1.807, 2.05) is 0 Å². The summed E-state index contributed by atoms with van der Waals surface area (Å²) in [4.78, 5) is 27.0. The number of nitrogens with one attached hydrogen (secondary N) is 1. The van der Waals surface area contributed by atoms with Gasteiger partial charge in [-0.25, -0.2) is 8.42 Å². The van der Waals surface area contributed by atoms with Gasteiger partial charge in [-0.3, -0.25) is 9.59 Å². The second-order valence-electron chi connectivity index (χ2n) is 6.94. The molecule has 0 spiro atoms. The predicted octanol–water partition coefficient (Wildman–Crippen LogP) is -1.06. The molecule has 0 saturated carbocycles. The Bertz CT molecular complexity index is 566. The van der Waals surface area contributed by atoms with E-state index in [-0.39, 0.29) is 13.1 Å². The van der Waals surface area contributed by atoms with Crippen molar-refractivity contribution in [1.82, 2.24) is 19.4 Å². The molecule has 2 aliphatic rings. The number of rotatable bonds is 5. The van der Waals surface area contributed by atoms with Crippen molar-refractivity contribution in [3.8, 4) is 0 Å². The fourth-order valence-corrected chi connectivity index (χ4v) is 4.60. The molecule has 24 heavy (non-hydrogen) atoms. The van der Waals surface area contributed by atoms with Gasteiger partial charge in [-0.05, 0) is 12.3 Å². The number of piperazine rings is 1. The van der Waals surface area contributed by atoms with Crippen molar-refractivity contribution in [3.63, 3.8) is 0 Å². The second kappa shape index (κ2) is 7.79. The molecular formula is C15H28N4O4S. The molecule has 9 heteroatoms. The molecule has 0 unspecified atom stereocenters. The van der Waals surface area contributed by atoms with Crippen molar-refractivity contribution in [2.75, 3.05) is 52.9 Å². The predicted molar refractivity (Wildman–Crippen MR) is 90.8 cm³/mol. The molecule has 0 aliphatic carbocycles. The minimum atomic E-state index is -3.38. The van der Waals surface area contributed by atoms with Gasteiger partial charge in [0.2, 0.25) is 10.0 Å². The van der Waals surface area contributed by atoms with E-state index in [1.165, 1.54) is 14.1 Å². The van der Waals surface area contributed by atoms with Gasteiger partial charge in [0.05, 0.1) is 0 Å². The molecule has 2 fully saturated rings. The number of carbonyl (C=O) groups is 2. The highest BCUT2D eigenvalue weighted by molar-refractivity contribution is 7.89. The molecular weight excluding hydrogens is 332 g/mol. The average Bonchev–Trinajstić information content (AvgIpc) is 2.50. The first-order chi connectivity index (χ1) is 11.2. The minimum Gasteiger partial charge on any atom is -0.338 e. The molecule has 2 amide bonds. The van der Waals surface area contributed by atoms with E-state index in [2.05, 4.69) is 19.2 Å². The van der Waals surface area contributed by atoms with Crippen molar-refractivity contribution in [3.05, 3.63) is 0 Å². The lowest BCUT2D eigenvalue weighted by molar-refractivity contribution is -0.153. The van der Waals surface area contributed by atoms with Gasteiger partial charge in [0.1, 0.15) is 5.25 Å². The number of likely N-dealkylation sites (N-methyl/N-ethyl adjacent to an activating group) is 1. The van der Waals surface area contributed by atoms with E-state index in [4.69, 9.17) is 0 Å². The van der Waals surface area contributed by atoms with Gasteiger partial charge in [-0.15, -0.1) is 0 Å². The molecule has 2 aliphatic heterocycles. The third kappa shape index (κ3) is 4.25. The highest BCUT2D eigenvalue weighted by atomic mass is 32.2. The standard InChI is InChI=1S/C15H28N4O4S/c1-12(2)4-7-17(3)14(20)15(21)18-10-13(11-18)24(22,23)19-8-5-16-6-9-19/h12-13,16H,4-11H2,1-3H3. The molecule has 0 aromatic heterocycles. The summed E-state index contributed by atoms with van der Waals surface area (Å²) in [7, 11) is -1.78. The Morgan fingerprint density at radius 2 is 1.79 bits per heavy atom. The van der Waals surface area contributed by atoms with Crippen LogP contribution in [0.3, 0.4) is 0 Å². The average molecular weight is 360 g/mol. The van der Waals surface area contributed by atoms with Crippen molar-refractivity contribution in [2.45, 2.75) is 25.5 Å². The zero-order valence-electron chi connectivity index (χ0n) is 14.7. The molecule has 138 valence electrons. The fourth-order valence-electron chi connectivity index (χ4n) is 2.75. The Hall–Kier alpha value is -1.19. The summed E-state index contributed by atoms with van der Waals surface area (Å²) in [5.74, 6) is -0.713. The number of hydrogen-bond acceptors (Lipinski definition) is 5. The molecule has 8 nitrogen and oxygen atoms in total. The number of sulfonamides is 1. The quantitative estimate of drug-likeness (QED) is 0.631. The number of nitrogens with zero attached hydrogens (tertiary/aromatic N) is 3. The Morgan fingerprint density at radius 3 is 2.33 bits per heavy atom. The summed E-state index contributed by atoms with van der Waals surface area (Å²) < 4.78 is 26.4. The van der Waals surface area contributed by atoms with Crippen LogP contribution in [0.2, 0.25) is 0 Å². The summed E-state index contributed by atoms with van der Waals surface area (Å²) in [6.07, 6.45) is 0.829. The summed E-state index contributed by atoms with van der Waals surface area (Å²) in [5, 5.41) is 2.53. The zero-order chi connectivity index (χ0) is 17.9. The van der Waals surface area contributed by atoms with Crippen LogP contribution in [0.4, 0.5) is 0 Å². The third-order valence-corrected chi connectivity index (χ3v) is 6.79. The van der Waals surface area contributed by atoms with Crippen LogP contribution in [-0.4, -0.2) is 92.4 Å². The first-order valence-electron chi connectivity index (χ1n) is 8.47. The van der Waals surface area contributed by atoms with E-state index >= 15 is 0 Å². The van der Waals surface area contributed by atoms with Gasteiger partial charge in [0.25, 0.3) is 0 Å². The summed E-state index contributed by atoms with van der Waals surface area (Å²) in [6, 6.07) is 0. The SMILES string of the molecule is CC(C)CCN(C)C(=O)C(=O)N1CC(S(=O)(=O)N2CCNCC2)C1. The van der Waals surface area contributed by atoms with Gasteiger partial charge < -0.3 is 15.1 Å². The molecule has 2 rings (SSSR count). The number of likely N-dealkylation sites (tertiary alicyclic amines) is 1. The first-order valence-corrected chi connectivity index (χ1v) is 9.98. The van der Waals surface area contributed by atoms with Gasteiger partial charge in [-0.2, -0.15) is 4.31 Å². The molecule has 2 heterocycles. The van der Waals surface area contributed by atoms with E-state index in [9.17, 15) is 18.0 Å². The van der Waals surface area contributed by atoms with Crippen LogP contribution >= 0.6 is 0 Å². The number of amides is 2. The summed E-state index contributed by atoms with van der Waals surface area (Å²) >= 11 is 0. The van der Waals surface area contributed by atoms with Crippen molar-refractivity contribution in [1.29, 1.82) is 0 Å². The molecule has 0 radical (unpaired) electrons. The lowest BCUT2D eigenvalue weighted by atomic mass is 10.1. The maximum Gasteiger partial charge on any atom is 0.312 e. The van der Waals surface area contributed by atoms with Crippen LogP contribution in [0.15, 0.2) is 0 Å². The molecule has 0 atom stereocenters. The van der Waals surface area contributed by atoms with Crippen LogP contribution in [0.1, 0.15) is 20.3 Å². The maximum atomic E-state index is 12.5. The minimum absolute atomic E-state index is 0.106. The van der Waals surface area contributed by atoms with Gasteiger partial charge in [0.15, 0.2) is 0 Å². The molecule has 0 aromatic carbocycles. The normalized spacial score (nSPS) is 20.1. The summed E-state index contributed by atoms with van der Waals surface area (Å²) in [5.41, 5.74) is 0. The van der Waals surface area contributed by atoms with Crippen LogP contribution in [-0.2, 0) is 19.6 Å². The summed E-state index contributed by atoms with van der Waals surface area (Å²) in [6.45, 7) is 7.07. The fraction of sp³-hybridized carbons (Fsp3) is 0.867. The van der Waals surface area contributed by atoms with Crippen LogP contribution in [0.5, 0.6) is 0 Å². The van der Waals surface area contributed by atoms with Crippen LogP contribution in [0, 0.1) is 5.92 Å². The highest BCUT2D eigenvalue weighted by Gasteiger charge is 2.44. The van der Waals surface area contributed by atoms with E-state index < -0.39 is 27.1 Å². The number of hydrogen-bond donors (Lipinski definition) is 1. The molecule has 2 saturated heterocycles. The van der Waals surface area contributed by atoms with Crippen molar-refractivity contribution < 1.29 is 18.0 Å². The van der Waals surface area contributed by atoms with Crippen molar-refractivity contribution >= 4 is 21.8 Å². The van der Waals surface area contributed by atoms with Gasteiger partial charge >= 0.3 is 11.8 Å². The topological polar surface area (TPSA) is 90.0 Å². The smallest absolute Gasteiger partial charge is 0.312 e. The Balaban J connectivity index is 1.84. The van der Waals surface area contributed by atoms with E-state index in [0.717, 1.165) is 6.42 Å². The Labute approximate surface area is 144 Å². The van der Waals surface area contributed by atoms with Crippen molar-refractivity contribution in [2.24, 2.45) is 5.92 Å². The van der Waals surface area contributed by atoms with E-state index in [1.54, 1.807) is 7.05 Å². The number of carbonyl (C=O) groups excluding carboxylic acids is 2. The Kier molecular flexibility index (Phi) is 6.22. The lowest BCUT2D eigenvalue weighted by Gasteiger charge is -2.41. The third-order valence-electron chi connectivity index (χ3n) is 4.56. The molecule has 1 N–H and O–H groups in total. The lowest BCUT2D eigenvalue weighted by Crippen LogP contribution is -2.63. The van der Waals surface area contributed by atoms with Gasteiger partial charge in [0, 0.05) is 52.9 Å². The van der Waals surface area contributed by atoms with E-state index in [0.29, 0.717) is 38.6 Å². The highest BCUT2D eigenvalue weighted by Crippen LogP contribution is 2.21. The first kappa shape index (κ1) is 19.1. The Morgan fingerprint density at radius 1 is 1.21 bits per heavy atom. The van der Waals surface area contributed by atoms with Crippen LogP contribution in [0.25, 0.3) is 0 Å². The molecule has 0 bridgehead atoms. The zero-order valence-corrected chi connectivity index (χ0v) is 15.5. The molecule has 0 aromatic rings. The second-order valence-corrected chi connectivity index (χ2v) is 9.15. The monoisotopic (exact) mass is 360 g/mol. The van der Waals surface area contributed by atoms with Crippen LogP contribution < -0.4 is 5.32 Å². The largest absolute Gasteiger partial charge is 0.338 e. The van der Waals surface area contributed by atoms with Gasteiger partial charge in [-0.1, -0.05) is 13.8 Å².